The number of para-hydroxylation sites is 1. The van der Waals surface area contributed by atoms with E-state index in [2.05, 4.69) is 0 Å². The number of hydrogen-bond donors (Lipinski definition) is 1. The number of pyridine rings is 1. The molecule has 0 unspecified atom stereocenters. The van der Waals surface area contributed by atoms with Gasteiger partial charge in [-0.05, 0) is 18.2 Å². The third-order valence-electron chi connectivity index (χ3n) is 3.76. The minimum Gasteiger partial charge on any atom is -0.477 e. The van der Waals surface area contributed by atoms with Gasteiger partial charge >= 0.3 is 5.97 Å². The zero-order chi connectivity index (χ0) is 16.0. The second kappa shape index (κ2) is 4.88. The van der Waals surface area contributed by atoms with Crippen LogP contribution >= 0.6 is 0 Å². The first kappa shape index (κ1) is 13.4. The summed E-state index contributed by atoms with van der Waals surface area (Å²) in [6.07, 6.45) is 1.34. The van der Waals surface area contributed by atoms with Gasteiger partial charge in [-0.1, -0.05) is 18.2 Å². The average molecular weight is 309 g/mol. The number of benzene rings is 2. The molecule has 2 heterocycles. The molecule has 0 aliphatic carbocycles. The van der Waals surface area contributed by atoms with E-state index in [0.29, 0.717) is 17.0 Å². The van der Waals surface area contributed by atoms with Gasteiger partial charge in [0.05, 0.1) is 10.9 Å². The monoisotopic (exact) mass is 309 g/mol. The molecule has 1 aliphatic heterocycles. The summed E-state index contributed by atoms with van der Waals surface area (Å²) in [5.41, 5.74) is 0.479. The summed E-state index contributed by atoms with van der Waals surface area (Å²) in [5, 5.41) is 9.60. The van der Waals surface area contributed by atoms with Gasteiger partial charge in [-0.25, -0.2) is 4.79 Å². The molecule has 114 valence electrons. The second-order valence-corrected chi connectivity index (χ2v) is 5.11. The fourth-order valence-corrected chi connectivity index (χ4v) is 2.67. The van der Waals surface area contributed by atoms with Crippen molar-refractivity contribution < 1.29 is 19.4 Å². The van der Waals surface area contributed by atoms with Crippen LogP contribution in [-0.2, 0) is 0 Å². The van der Waals surface area contributed by atoms with Gasteiger partial charge in [0.25, 0.3) is 0 Å². The Bertz CT molecular complexity index is 991. The first-order valence-electron chi connectivity index (χ1n) is 6.93. The van der Waals surface area contributed by atoms with Crippen molar-refractivity contribution in [3.05, 3.63) is 64.4 Å². The summed E-state index contributed by atoms with van der Waals surface area (Å²) < 4.78 is 12.3. The van der Waals surface area contributed by atoms with Gasteiger partial charge in [-0.3, -0.25) is 4.79 Å². The van der Waals surface area contributed by atoms with Crippen LogP contribution in [0.15, 0.2) is 53.5 Å². The van der Waals surface area contributed by atoms with Crippen LogP contribution in [0.4, 0.5) is 0 Å². The Balaban J connectivity index is 2.14. The summed E-state index contributed by atoms with van der Waals surface area (Å²) in [4.78, 5) is 23.9. The molecule has 4 rings (SSSR count). The highest BCUT2D eigenvalue weighted by molar-refractivity contribution is 5.94. The molecule has 0 radical (unpaired) electrons. The van der Waals surface area contributed by atoms with E-state index in [0.717, 1.165) is 5.69 Å². The number of fused-ring (bicyclic) bond motifs is 2. The predicted molar refractivity (Wildman–Crippen MR) is 82.6 cm³/mol. The lowest BCUT2D eigenvalue weighted by molar-refractivity contribution is 0.0695. The third-order valence-corrected chi connectivity index (χ3v) is 3.76. The Morgan fingerprint density at radius 3 is 2.48 bits per heavy atom. The predicted octanol–water partition coefficient (Wildman–Crippen LogP) is 2.42. The van der Waals surface area contributed by atoms with Gasteiger partial charge in [0.15, 0.2) is 11.5 Å². The van der Waals surface area contributed by atoms with Crippen molar-refractivity contribution in [2.24, 2.45) is 0 Å². The molecule has 6 heteroatoms. The molecule has 1 aliphatic rings. The Kier molecular flexibility index (Phi) is 2.84. The van der Waals surface area contributed by atoms with Crippen LogP contribution in [0.25, 0.3) is 16.6 Å². The molecule has 6 nitrogen and oxygen atoms in total. The summed E-state index contributed by atoms with van der Waals surface area (Å²) in [6, 6.07) is 12.4. The molecule has 0 fully saturated rings. The molecule has 0 amide bonds. The molecule has 0 saturated carbocycles. The number of hydrogen-bond acceptors (Lipinski definition) is 4. The quantitative estimate of drug-likeness (QED) is 0.786. The average Bonchev–Trinajstić information content (AvgIpc) is 3.01. The Labute approximate surface area is 130 Å². The van der Waals surface area contributed by atoms with Crippen LogP contribution in [-0.4, -0.2) is 22.4 Å². The van der Waals surface area contributed by atoms with Crippen molar-refractivity contribution in [2.75, 3.05) is 6.79 Å². The van der Waals surface area contributed by atoms with Gasteiger partial charge in [-0.15, -0.1) is 0 Å². The molecule has 0 spiro atoms. The molecule has 0 saturated heterocycles. The van der Waals surface area contributed by atoms with E-state index >= 15 is 0 Å². The van der Waals surface area contributed by atoms with Crippen LogP contribution in [0.2, 0.25) is 0 Å². The third kappa shape index (κ3) is 2.03. The molecule has 0 bridgehead atoms. The lowest BCUT2D eigenvalue weighted by Gasteiger charge is -2.13. The maximum absolute atomic E-state index is 12.5. The molecule has 3 aromatic rings. The minimum atomic E-state index is -1.26. The van der Waals surface area contributed by atoms with Crippen LogP contribution in [0.3, 0.4) is 0 Å². The maximum atomic E-state index is 12.5. The molecule has 1 N–H and O–H groups in total. The highest BCUT2D eigenvalue weighted by atomic mass is 16.7. The number of carboxylic acid groups (broad SMARTS) is 1. The van der Waals surface area contributed by atoms with Crippen LogP contribution in [0.5, 0.6) is 11.5 Å². The Hall–Kier alpha value is -3.28. The smallest absolute Gasteiger partial charge is 0.341 e. The van der Waals surface area contributed by atoms with E-state index in [1.54, 1.807) is 10.6 Å². The van der Waals surface area contributed by atoms with Gasteiger partial charge < -0.3 is 19.1 Å². The van der Waals surface area contributed by atoms with Gasteiger partial charge in [0.1, 0.15) is 5.56 Å². The largest absolute Gasteiger partial charge is 0.477 e. The van der Waals surface area contributed by atoms with Crippen molar-refractivity contribution in [1.29, 1.82) is 0 Å². The van der Waals surface area contributed by atoms with Gasteiger partial charge in [0.2, 0.25) is 12.2 Å². The Morgan fingerprint density at radius 2 is 1.78 bits per heavy atom. The standard InChI is InChI=1S/C17H11NO5/c19-16-11-6-14-15(23-9-22-14)7-13(11)18(8-12(16)17(20)21)10-4-2-1-3-5-10/h1-8H,9H2,(H,20,21). The zero-order valence-corrected chi connectivity index (χ0v) is 11.9. The molecule has 1 aromatic heterocycles. The molecule has 23 heavy (non-hydrogen) atoms. The summed E-state index contributed by atoms with van der Waals surface area (Å²) in [6.45, 7) is 0.0803. The SMILES string of the molecule is O=C(O)c1cn(-c2ccccc2)c2cc3c(cc2c1=O)OCO3. The van der Waals surface area contributed by atoms with Gasteiger partial charge in [-0.2, -0.15) is 0 Å². The normalized spacial score (nSPS) is 12.5. The van der Waals surface area contributed by atoms with Crippen LogP contribution < -0.4 is 14.9 Å². The lowest BCUT2D eigenvalue weighted by atomic mass is 10.1. The van der Waals surface area contributed by atoms with E-state index in [-0.39, 0.29) is 17.7 Å². The van der Waals surface area contributed by atoms with Crippen molar-refractivity contribution in [3.8, 4) is 17.2 Å². The fraction of sp³-hybridized carbons (Fsp3) is 0.0588. The first-order chi connectivity index (χ1) is 11.1. The summed E-state index contributed by atoms with van der Waals surface area (Å²) in [7, 11) is 0. The number of nitrogens with zero attached hydrogens (tertiary/aromatic N) is 1. The number of aromatic carboxylic acids is 1. The minimum absolute atomic E-state index is 0.0803. The summed E-state index contributed by atoms with van der Waals surface area (Å²) >= 11 is 0. The van der Waals surface area contributed by atoms with E-state index < -0.39 is 11.4 Å². The summed E-state index contributed by atoms with van der Waals surface area (Å²) in [5.74, 6) is -0.291. The molecule has 0 atom stereocenters. The molecular weight excluding hydrogens is 298 g/mol. The number of carboxylic acids is 1. The van der Waals surface area contributed by atoms with Crippen molar-refractivity contribution in [2.45, 2.75) is 0 Å². The van der Waals surface area contributed by atoms with E-state index in [4.69, 9.17) is 9.47 Å². The van der Waals surface area contributed by atoms with Crippen LogP contribution in [0, 0.1) is 0 Å². The van der Waals surface area contributed by atoms with Crippen molar-refractivity contribution >= 4 is 16.9 Å². The van der Waals surface area contributed by atoms with E-state index in [1.807, 2.05) is 30.3 Å². The van der Waals surface area contributed by atoms with Crippen LogP contribution in [0.1, 0.15) is 10.4 Å². The second-order valence-electron chi connectivity index (χ2n) is 5.11. The molecule has 2 aromatic carbocycles. The first-order valence-corrected chi connectivity index (χ1v) is 6.93. The fourth-order valence-electron chi connectivity index (χ4n) is 2.67. The maximum Gasteiger partial charge on any atom is 0.341 e. The molecular formula is C17H11NO5. The number of carbonyl (C=O) groups is 1. The number of aromatic nitrogens is 1. The Morgan fingerprint density at radius 1 is 1.09 bits per heavy atom. The number of rotatable bonds is 2. The highest BCUT2D eigenvalue weighted by Gasteiger charge is 2.20. The van der Waals surface area contributed by atoms with E-state index in [9.17, 15) is 14.7 Å². The lowest BCUT2D eigenvalue weighted by Crippen LogP contribution is -2.18. The van der Waals surface area contributed by atoms with Gasteiger partial charge in [0, 0.05) is 18.0 Å². The van der Waals surface area contributed by atoms with Crippen molar-refractivity contribution in [3.63, 3.8) is 0 Å². The topological polar surface area (TPSA) is 77.8 Å². The zero-order valence-electron chi connectivity index (χ0n) is 11.9. The highest BCUT2D eigenvalue weighted by Crippen LogP contribution is 2.35. The number of ether oxygens (including phenoxy) is 2. The van der Waals surface area contributed by atoms with Crippen molar-refractivity contribution in [1.82, 2.24) is 4.57 Å². The van der Waals surface area contributed by atoms with E-state index in [1.165, 1.54) is 12.3 Å².